The van der Waals surface area contributed by atoms with Crippen molar-refractivity contribution in [3.8, 4) is 5.75 Å². The molecule has 1 rings (SSSR count). The standard InChI is InChI=1S/C16H27NO/c1-5-6-7-12-17(13(2)3)14(4)15-8-10-16(18)11-9-15/h8-11,13-14,18H,5-7,12H2,1-4H3. The summed E-state index contributed by atoms with van der Waals surface area (Å²) in [7, 11) is 0. The maximum absolute atomic E-state index is 9.35. The van der Waals surface area contributed by atoms with Gasteiger partial charge in [-0.1, -0.05) is 31.9 Å². The zero-order valence-electron chi connectivity index (χ0n) is 12.2. The van der Waals surface area contributed by atoms with Gasteiger partial charge in [-0.05, 0) is 51.4 Å². The Kier molecular flexibility index (Phi) is 6.20. The Bertz CT molecular complexity index is 331. The van der Waals surface area contributed by atoms with E-state index in [0.717, 1.165) is 6.54 Å². The fraction of sp³-hybridized carbons (Fsp3) is 0.625. The zero-order chi connectivity index (χ0) is 13.5. The second-order valence-electron chi connectivity index (χ2n) is 5.31. The van der Waals surface area contributed by atoms with E-state index in [0.29, 0.717) is 17.8 Å². The number of nitrogens with zero attached hydrogens (tertiary/aromatic N) is 1. The van der Waals surface area contributed by atoms with Crippen molar-refractivity contribution in [2.24, 2.45) is 0 Å². The minimum atomic E-state index is 0.341. The average molecular weight is 249 g/mol. The predicted molar refractivity (Wildman–Crippen MR) is 77.9 cm³/mol. The normalized spacial score (nSPS) is 13.2. The van der Waals surface area contributed by atoms with E-state index in [9.17, 15) is 5.11 Å². The number of hydrogen-bond donors (Lipinski definition) is 1. The second kappa shape index (κ2) is 7.42. The summed E-state index contributed by atoms with van der Waals surface area (Å²) in [6.07, 6.45) is 3.82. The topological polar surface area (TPSA) is 23.5 Å². The van der Waals surface area contributed by atoms with E-state index in [-0.39, 0.29) is 0 Å². The number of phenols is 1. The first-order chi connectivity index (χ1) is 8.56. The van der Waals surface area contributed by atoms with Crippen molar-refractivity contribution in [2.75, 3.05) is 6.54 Å². The Morgan fingerprint density at radius 2 is 1.67 bits per heavy atom. The summed E-state index contributed by atoms with van der Waals surface area (Å²) in [6.45, 7) is 10.1. The van der Waals surface area contributed by atoms with Crippen molar-refractivity contribution in [3.63, 3.8) is 0 Å². The molecule has 18 heavy (non-hydrogen) atoms. The van der Waals surface area contributed by atoms with Crippen LogP contribution < -0.4 is 0 Å². The molecule has 1 aromatic carbocycles. The highest BCUT2D eigenvalue weighted by Crippen LogP contribution is 2.24. The highest BCUT2D eigenvalue weighted by Gasteiger charge is 2.17. The molecule has 1 aromatic rings. The first kappa shape index (κ1) is 15.0. The first-order valence-electron chi connectivity index (χ1n) is 7.11. The maximum atomic E-state index is 9.35. The van der Waals surface area contributed by atoms with Gasteiger partial charge >= 0.3 is 0 Å². The van der Waals surface area contributed by atoms with Crippen LogP contribution in [0.2, 0.25) is 0 Å². The number of rotatable bonds is 7. The molecule has 0 heterocycles. The van der Waals surface area contributed by atoms with E-state index in [1.165, 1.54) is 24.8 Å². The van der Waals surface area contributed by atoms with Crippen LogP contribution in [-0.2, 0) is 0 Å². The van der Waals surface area contributed by atoms with Gasteiger partial charge in [0.25, 0.3) is 0 Å². The maximum Gasteiger partial charge on any atom is 0.115 e. The molecule has 0 aliphatic rings. The van der Waals surface area contributed by atoms with Gasteiger partial charge in [-0.3, -0.25) is 4.90 Å². The van der Waals surface area contributed by atoms with Crippen LogP contribution in [0.3, 0.4) is 0 Å². The molecule has 1 unspecified atom stereocenters. The molecule has 0 fully saturated rings. The van der Waals surface area contributed by atoms with Crippen molar-refractivity contribution in [1.82, 2.24) is 4.90 Å². The Morgan fingerprint density at radius 3 is 2.17 bits per heavy atom. The van der Waals surface area contributed by atoms with Crippen LogP contribution in [0.25, 0.3) is 0 Å². The predicted octanol–water partition coefficient (Wildman–Crippen LogP) is 4.35. The van der Waals surface area contributed by atoms with Crippen LogP contribution in [0.4, 0.5) is 0 Å². The molecule has 0 bridgehead atoms. The summed E-state index contributed by atoms with van der Waals surface area (Å²) in [6, 6.07) is 8.55. The van der Waals surface area contributed by atoms with Crippen LogP contribution in [0.1, 0.15) is 58.6 Å². The van der Waals surface area contributed by atoms with Gasteiger partial charge in [-0.25, -0.2) is 0 Å². The molecule has 0 aliphatic carbocycles. The lowest BCUT2D eigenvalue weighted by atomic mass is 10.0. The van der Waals surface area contributed by atoms with Gasteiger partial charge in [0, 0.05) is 12.1 Å². The van der Waals surface area contributed by atoms with Crippen LogP contribution in [0.15, 0.2) is 24.3 Å². The quantitative estimate of drug-likeness (QED) is 0.726. The monoisotopic (exact) mass is 249 g/mol. The molecule has 2 heteroatoms. The summed E-state index contributed by atoms with van der Waals surface area (Å²) in [5.74, 6) is 0.341. The molecule has 0 aliphatic heterocycles. The molecule has 2 nitrogen and oxygen atoms in total. The number of unbranched alkanes of at least 4 members (excludes halogenated alkanes) is 2. The molecule has 0 saturated heterocycles. The van der Waals surface area contributed by atoms with Crippen molar-refractivity contribution in [2.45, 2.75) is 59.0 Å². The molecule has 1 atom stereocenters. The van der Waals surface area contributed by atoms with E-state index in [4.69, 9.17) is 0 Å². The lowest BCUT2D eigenvalue weighted by molar-refractivity contribution is 0.161. The van der Waals surface area contributed by atoms with E-state index >= 15 is 0 Å². The molecule has 0 radical (unpaired) electrons. The van der Waals surface area contributed by atoms with Crippen molar-refractivity contribution >= 4 is 0 Å². The van der Waals surface area contributed by atoms with E-state index < -0.39 is 0 Å². The molecule has 0 amide bonds. The lowest BCUT2D eigenvalue weighted by Crippen LogP contribution is -2.34. The molecule has 0 spiro atoms. The van der Waals surface area contributed by atoms with Gasteiger partial charge in [0.2, 0.25) is 0 Å². The van der Waals surface area contributed by atoms with E-state index in [1.54, 1.807) is 12.1 Å². The number of hydrogen-bond acceptors (Lipinski definition) is 2. The van der Waals surface area contributed by atoms with Crippen LogP contribution in [0, 0.1) is 0 Å². The number of phenolic OH excluding ortho intramolecular Hbond substituents is 1. The summed E-state index contributed by atoms with van der Waals surface area (Å²) in [5, 5.41) is 9.35. The molecule has 0 saturated carbocycles. The third-order valence-electron chi connectivity index (χ3n) is 3.56. The number of benzene rings is 1. The molecule has 102 valence electrons. The SMILES string of the molecule is CCCCCN(C(C)C)C(C)c1ccc(O)cc1. The lowest BCUT2D eigenvalue weighted by Gasteiger charge is -2.33. The summed E-state index contributed by atoms with van der Waals surface area (Å²) in [5.41, 5.74) is 1.28. The van der Waals surface area contributed by atoms with Crippen molar-refractivity contribution < 1.29 is 5.11 Å². The van der Waals surface area contributed by atoms with Gasteiger partial charge in [-0.15, -0.1) is 0 Å². The number of aromatic hydroxyl groups is 1. The van der Waals surface area contributed by atoms with Crippen molar-refractivity contribution in [3.05, 3.63) is 29.8 Å². The fourth-order valence-corrected chi connectivity index (χ4v) is 2.39. The fourth-order valence-electron chi connectivity index (χ4n) is 2.39. The van der Waals surface area contributed by atoms with Gasteiger partial charge < -0.3 is 5.11 Å². The van der Waals surface area contributed by atoms with Gasteiger partial charge in [0.15, 0.2) is 0 Å². The highest BCUT2D eigenvalue weighted by molar-refractivity contribution is 5.27. The van der Waals surface area contributed by atoms with Gasteiger partial charge in [0.1, 0.15) is 5.75 Å². The van der Waals surface area contributed by atoms with Gasteiger partial charge in [-0.2, -0.15) is 0 Å². The minimum Gasteiger partial charge on any atom is -0.508 e. The zero-order valence-corrected chi connectivity index (χ0v) is 12.2. The second-order valence-corrected chi connectivity index (χ2v) is 5.31. The van der Waals surface area contributed by atoms with E-state index in [1.807, 2.05) is 12.1 Å². The Hall–Kier alpha value is -1.02. The summed E-state index contributed by atoms with van der Waals surface area (Å²) >= 11 is 0. The average Bonchev–Trinajstić information content (AvgIpc) is 2.34. The summed E-state index contributed by atoms with van der Waals surface area (Å²) in [4.78, 5) is 2.53. The van der Waals surface area contributed by atoms with Gasteiger partial charge in [0.05, 0.1) is 0 Å². The van der Waals surface area contributed by atoms with Crippen molar-refractivity contribution in [1.29, 1.82) is 0 Å². The van der Waals surface area contributed by atoms with Crippen LogP contribution >= 0.6 is 0 Å². The van der Waals surface area contributed by atoms with E-state index in [2.05, 4.69) is 32.6 Å². The third-order valence-corrected chi connectivity index (χ3v) is 3.56. The summed E-state index contributed by atoms with van der Waals surface area (Å²) < 4.78 is 0. The highest BCUT2D eigenvalue weighted by atomic mass is 16.3. The Balaban J connectivity index is 2.69. The smallest absolute Gasteiger partial charge is 0.115 e. The van der Waals surface area contributed by atoms with Crippen LogP contribution in [-0.4, -0.2) is 22.6 Å². The molecule has 1 N–H and O–H groups in total. The molecular formula is C16H27NO. The molecule has 0 aromatic heterocycles. The Labute approximate surface area is 112 Å². The van der Waals surface area contributed by atoms with Crippen LogP contribution in [0.5, 0.6) is 5.75 Å². The Morgan fingerprint density at radius 1 is 1.06 bits per heavy atom. The minimum absolute atomic E-state index is 0.341. The molecular weight excluding hydrogens is 222 g/mol. The largest absolute Gasteiger partial charge is 0.508 e. The first-order valence-corrected chi connectivity index (χ1v) is 7.11. The third kappa shape index (κ3) is 4.34.